The van der Waals surface area contributed by atoms with E-state index in [9.17, 15) is 18.0 Å². The van der Waals surface area contributed by atoms with Crippen molar-refractivity contribution in [2.24, 2.45) is 5.92 Å². The van der Waals surface area contributed by atoms with Crippen molar-refractivity contribution in [3.8, 4) is 0 Å². The summed E-state index contributed by atoms with van der Waals surface area (Å²) in [5, 5.41) is 0. The lowest BCUT2D eigenvalue weighted by atomic mass is 9.92. The number of rotatable bonds is 6. The average molecular weight is 383 g/mol. The van der Waals surface area contributed by atoms with Gasteiger partial charge in [0, 0.05) is 31.9 Å². The van der Waals surface area contributed by atoms with Gasteiger partial charge in [0.05, 0.1) is 5.56 Å². The number of alkyl halides is 3. The van der Waals surface area contributed by atoms with Gasteiger partial charge in [-0.25, -0.2) is 4.98 Å². The van der Waals surface area contributed by atoms with Crippen molar-refractivity contribution in [1.29, 1.82) is 0 Å². The molecule has 4 nitrogen and oxygen atoms in total. The van der Waals surface area contributed by atoms with Crippen molar-refractivity contribution < 1.29 is 18.0 Å². The predicted octanol–water partition coefficient (Wildman–Crippen LogP) is 4.50. The number of hydrogen-bond donors (Lipinski definition) is 0. The molecule has 0 bridgehead atoms. The van der Waals surface area contributed by atoms with Crippen LogP contribution < -0.4 is 4.90 Å². The van der Waals surface area contributed by atoms with Crippen LogP contribution in [0.5, 0.6) is 0 Å². The summed E-state index contributed by atoms with van der Waals surface area (Å²) in [4.78, 5) is 19.6. The molecular weight excluding hydrogens is 355 g/mol. The van der Waals surface area contributed by atoms with Gasteiger partial charge in [0.25, 0.3) is 0 Å². The van der Waals surface area contributed by atoms with Crippen molar-refractivity contribution >= 4 is 12.2 Å². The number of amides is 1. The van der Waals surface area contributed by atoms with E-state index in [0.717, 1.165) is 70.4 Å². The van der Waals surface area contributed by atoms with Crippen LogP contribution in [0.1, 0.15) is 56.9 Å². The van der Waals surface area contributed by atoms with Crippen molar-refractivity contribution in [1.82, 2.24) is 9.88 Å². The highest BCUT2D eigenvalue weighted by atomic mass is 19.4. The van der Waals surface area contributed by atoms with Crippen LogP contribution in [0.3, 0.4) is 0 Å². The SMILES string of the molecule is O=CN(CC[C@@H]1CCCN(c2ccc(C(F)(F)F)cn2)C1)C1CCCCC1. The van der Waals surface area contributed by atoms with E-state index >= 15 is 0 Å². The molecule has 1 saturated carbocycles. The minimum atomic E-state index is -4.35. The summed E-state index contributed by atoms with van der Waals surface area (Å²) in [5.41, 5.74) is -0.714. The van der Waals surface area contributed by atoms with Crippen molar-refractivity contribution in [2.75, 3.05) is 24.5 Å². The summed E-state index contributed by atoms with van der Waals surface area (Å²) in [7, 11) is 0. The van der Waals surface area contributed by atoms with Gasteiger partial charge < -0.3 is 9.80 Å². The lowest BCUT2D eigenvalue weighted by molar-refractivity contribution is -0.137. The van der Waals surface area contributed by atoms with Gasteiger partial charge in [0.2, 0.25) is 6.41 Å². The molecule has 0 spiro atoms. The van der Waals surface area contributed by atoms with E-state index in [-0.39, 0.29) is 0 Å². The molecule has 1 aromatic rings. The highest BCUT2D eigenvalue weighted by Crippen LogP contribution is 2.31. The average Bonchev–Trinajstić information content (AvgIpc) is 2.69. The molecule has 1 aliphatic heterocycles. The van der Waals surface area contributed by atoms with Crippen molar-refractivity contribution in [3.05, 3.63) is 23.9 Å². The van der Waals surface area contributed by atoms with Crippen LogP contribution in [0, 0.1) is 5.92 Å². The van der Waals surface area contributed by atoms with Gasteiger partial charge in [-0.3, -0.25) is 4.79 Å². The number of carbonyl (C=O) groups excluding carboxylic acids is 1. The molecule has 1 amide bonds. The standard InChI is InChI=1S/C20H28F3N3O/c21-20(22,23)17-8-9-19(24-13-17)25-11-4-5-16(14-25)10-12-26(15-27)18-6-2-1-3-7-18/h8-9,13,15-16,18H,1-7,10-12,14H2/t16-/m0/s1. The van der Waals surface area contributed by atoms with Gasteiger partial charge in [-0.1, -0.05) is 19.3 Å². The summed E-state index contributed by atoms with van der Waals surface area (Å²) in [5.74, 6) is 1.04. The summed E-state index contributed by atoms with van der Waals surface area (Å²) in [6.07, 6.45) is 6.45. The van der Waals surface area contributed by atoms with E-state index in [1.54, 1.807) is 0 Å². The Morgan fingerprint density at radius 1 is 1.15 bits per heavy atom. The molecule has 7 heteroatoms. The van der Waals surface area contributed by atoms with Crippen LogP contribution in [-0.2, 0) is 11.0 Å². The van der Waals surface area contributed by atoms with Crippen molar-refractivity contribution in [2.45, 2.75) is 63.6 Å². The van der Waals surface area contributed by atoms with E-state index in [0.29, 0.717) is 17.8 Å². The molecule has 2 aliphatic rings. The second-order valence-electron chi connectivity index (χ2n) is 7.78. The first-order valence-corrected chi connectivity index (χ1v) is 9.96. The van der Waals surface area contributed by atoms with E-state index in [1.165, 1.54) is 25.3 Å². The smallest absolute Gasteiger partial charge is 0.356 e. The van der Waals surface area contributed by atoms with Gasteiger partial charge in [-0.05, 0) is 50.2 Å². The Morgan fingerprint density at radius 2 is 1.93 bits per heavy atom. The summed E-state index contributed by atoms with van der Waals surface area (Å²) in [6, 6.07) is 2.95. The Morgan fingerprint density at radius 3 is 2.56 bits per heavy atom. The Kier molecular flexibility index (Phi) is 6.60. The quantitative estimate of drug-likeness (QED) is 0.679. The molecule has 1 atom stereocenters. The monoisotopic (exact) mass is 383 g/mol. The first-order valence-electron chi connectivity index (χ1n) is 9.96. The fourth-order valence-electron chi connectivity index (χ4n) is 4.32. The molecular formula is C20H28F3N3O. The largest absolute Gasteiger partial charge is 0.417 e. The third-order valence-corrected chi connectivity index (χ3v) is 5.89. The first-order chi connectivity index (χ1) is 13.0. The minimum Gasteiger partial charge on any atom is -0.356 e. The molecule has 1 saturated heterocycles. The summed E-state index contributed by atoms with van der Waals surface area (Å²) >= 11 is 0. The summed E-state index contributed by atoms with van der Waals surface area (Å²) < 4.78 is 38.1. The number of nitrogens with zero attached hydrogens (tertiary/aromatic N) is 3. The van der Waals surface area contributed by atoms with Crippen molar-refractivity contribution in [3.63, 3.8) is 0 Å². The van der Waals surface area contributed by atoms with Crippen LogP contribution in [0.4, 0.5) is 19.0 Å². The number of pyridine rings is 1. The molecule has 2 heterocycles. The molecule has 0 unspecified atom stereocenters. The zero-order valence-electron chi connectivity index (χ0n) is 15.6. The Labute approximate surface area is 158 Å². The topological polar surface area (TPSA) is 36.4 Å². The van der Waals surface area contributed by atoms with Gasteiger partial charge >= 0.3 is 6.18 Å². The maximum Gasteiger partial charge on any atom is 0.417 e. The van der Waals surface area contributed by atoms with E-state index in [1.807, 2.05) is 4.90 Å². The van der Waals surface area contributed by atoms with Crippen LogP contribution in [0.2, 0.25) is 0 Å². The second kappa shape index (κ2) is 8.93. The molecule has 27 heavy (non-hydrogen) atoms. The molecule has 0 N–H and O–H groups in total. The fraction of sp³-hybridized carbons (Fsp3) is 0.700. The number of anilines is 1. The van der Waals surface area contributed by atoms with Gasteiger partial charge in [-0.15, -0.1) is 0 Å². The Bertz CT molecular complexity index is 599. The molecule has 0 aromatic carbocycles. The number of carbonyl (C=O) groups is 1. The third-order valence-electron chi connectivity index (χ3n) is 5.89. The molecule has 0 radical (unpaired) electrons. The van der Waals surface area contributed by atoms with E-state index in [4.69, 9.17) is 0 Å². The molecule has 1 aliphatic carbocycles. The normalized spacial score (nSPS) is 21.9. The predicted molar refractivity (Wildman–Crippen MR) is 98.4 cm³/mol. The van der Waals surface area contributed by atoms with Gasteiger partial charge in [0.15, 0.2) is 0 Å². The summed E-state index contributed by atoms with van der Waals surface area (Å²) in [6.45, 7) is 2.37. The number of aromatic nitrogens is 1. The minimum absolute atomic E-state index is 0.382. The fourth-order valence-corrected chi connectivity index (χ4v) is 4.32. The second-order valence-corrected chi connectivity index (χ2v) is 7.78. The molecule has 150 valence electrons. The molecule has 2 fully saturated rings. The third kappa shape index (κ3) is 5.36. The van der Waals surface area contributed by atoms with Gasteiger partial charge in [-0.2, -0.15) is 13.2 Å². The zero-order chi connectivity index (χ0) is 19.3. The Balaban J connectivity index is 1.53. The first kappa shape index (κ1) is 20.0. The Hall–Kier alpha value is -1.79. The number of halogens is 3. The zero-order valence-corrected chi connectivity index (χ0v) is 15.6. The highest BCUT2D eigenvalue weighted by molar-refractivity contribution is 5.47. The van der Waals surface area contributed by atoms with E-state index in [2.05, 4.69) is 9.88 Å². The highest BCUT2D eigenvalue weighted by Gasteiger charge is 2.31. The lowest BCUT2D eigenvalue weighted by Gasteiger charge is -2.36. The number of piperidine rings is 1. The number of hydrogen-bond acceptors (Lipinski definition) is 3. The van der Waals surface area contributed by atoms with E-state index < -0.39 is 11.7 Å². The molecule has 1 aromatic heterocycles. The van der Waals surface area contributed by atoms with Gasteiger partial charge in [0.1, 0.15) is 5.82 Å². The van der Waals surface area contributed by atoms with Crippen LogP contribution in [0.15, 0.2) is 18.3 Å². The maximum atomic E-state index is 12.7. The lowest BCUT2D eigenvalue weighted by Crippen LogP contribution is -2.40. The van der Waals surface area contributed by atoms with Crippen LogP contribution >= 0.6 is 0 Å². The molecule has 3 rings (SSSR count). The van der Waals surface area contributed by atoms with Crippen LogP contribution in [0.25, 0.3) is 0 Å². The maximum absolute atomic E-state index is 12.7. The van der Waals surface area contributed by atoms with Crippen LogP contribution in [-0.4, -0.2) is 42.0 Å².